The first kappa shape index (κ1) is 21.5. The Balaban J connectivity index is 1.49. The van der Waals surface area contributed by atoms with Gasteiger partial charge in [-0.3, -0.25) is 14.2 Å². The Kier molecular flexibility index (Phi) is 6.12. The summed E-state index contributed by atoms with van der Waals surface area (Å²) in [6, 6.07) is 12.0. The molecule has 4 rings (SSSR count). The van der Waals surface area contributed by atoms with Crippen molar-refractivity contribution in [1.82, 2.24) is 14.2 Å². The third kappa shape index (κ3) is 4.51. The van der Waals surface area contributed by atoms with Crippen molar-refractivity contribution in [1.29, 1.82) is 0 Å². The lowest BCUT2D eigenvalue weighted by Gasteiger charge is -2.15. The van der Waals surface area contributed by atoms with Crippen molar-refractivity contribution < 1.29 is 17.9 Å². The Labute approximate surface area is 184 Å². The first-order chi connectivity index (χ1) is 14.9. The van der Waals surface area contributed by atoms with Gasteiger partial charge in [0.1, 0.15) is 12.3 Å². The van der Waals surface area contributed by atoms with Crippen LogP contribution in [0.1, 0.15) is 18.4 Å². The highest BCUT2D eigenvalue weighted by Crippen LogP contribution is 2.26. The summed E-state index contributed by atoms with van der Waals surface area (Å²) in [5, 5.41) is 2.80. The van der Waals surface area contributed by atoms with Crippen molar-refractivity contribution >= 4 is 37.5 Å². The summed E-state index contributed by atoms with van der Waals surface area (Å²) >= 11 is 0.943. The smallest absolute Gasteiger partial charge is 0.308 e. The molecule has 1 N–H and O–H groups in total. The van der Waals surface area contributed by atoms with Crippen molar-refractivity contribution in [2.45, 2.75) is 30.8 Å². The molecular formula is C21H23N3O5S2. The molecule has 10 heteroatoms. The predicted molar refractivity (Wildman–Crippen MR) is 119 cm³/mol. The van der Waals surface area contributed by atoms with E-state index in [2.05, 4.69) is 5.32 Å². The second kappa shape index (κ2) is 8.81. The molecule has 8 nitrogen and oxygen atoms in total. The lowest BCUT2D eigenvalue weighted by Crippen LogP contribution is -2.30. The van der Waals surface area contributed by atoms with Gasteiger partial charge >= 0.3 is 4.87 Å². The topological polar surface area (TPSA) is 97.7 Å². The lowest BCUT2D eigenvalue weighted by molar-refractivity contribution is -0.121. The van der Waals surface area contributed by atoms with Gasteiger partial charge in [-0.05, 0) is 48.7 Å². The molecule has 1 saturated heterocycles. The maximum Gasteiger partial charge on any atom is 0.308 e. The molecule has 1 fully saturated rings. The molecule has 0 aliphatic carbocycles. The van der Waals surface area contributed by atoms with Crippen LogP contribution in [0.15, 0.2) is 52.2 Å². The molecule has 1 aliphatic heterocycles. The number of sulfonamides is 1. The van der Waals surface area contributed by atoms with E-state index in [1.54, 1.807) is 13.2 Å². The van der Waals surface area contributed by atoms with E-state index in [4.69, 9.17) is 4.74 Å². The van der Waals surface area contributed by atoms with Gasteiger partial charge in [-0.2, -0.15) is 4.31 Å². The molecule has 2 aromatic carbocycles. The lowest BCUT2D eigenvalue weighted by atomic mass is 10.2. The number of nitrogens with zero attached hydrogens (tertiary/aromatic N) is 2. The molecule has 0 radical (unpaired) electrons. The standard InChI is InChI=1S/C21H23N3O5S2/c1-29-16-6-4-15(5-7-16)13-22-20(25)14-24-18-9-8-17(12-19(18)30-21(24)26)31(27,28)23-10-2-3-11-23/h4-9,12H,2-3,10-11,13-14H2,1H3,(H,22,25). The minimum Gasteiger partial charge on any atom is -0.497 e. The average Bonchev–Trinajstić information content (AvgIpc) is 3.41. The van der Waals surface area contributed by atoms with Gasteiger partial charge in [-0.15, -0.1) is 0 Å². The predicted octanol–water partition coefficient (Wildman–Crippen LogP) is 2.17. The first-order valence-electron chi connectivity index (χ1n) is 9.91. The zero-order chi connectivity index (χ0) is 22.0. The number of hydrogen-bond acceptors (Lipinski definition) is 6. The first-order valence-corrected chi connectivity index (χ1v) is 12.2. The number of hydrogen-bond donors (Lipinski definition) is 1. The zero-order valence-electron chi connectivity index (χ0n) is 17.0. The monoisotopic (exact) mass is 461 g/mol. The third-order valence-corrected chi connectivity index (χ3v) is 8.13. The number of thiazole rings is 1. The van der Waals surface area contributed by atoms with Gasteiger partial charge in [0, 0.05) is 19.6 Å². The number of carbonyl (C=O) groups is 1. The molecule has 1 aromatic heterocycles. The summed E-state index contributed by atoms with van der Waals surface area (Å²) in [5.74, 6) is 0.434. The van der Waals surface area contributed by atoms with Gasteiger partial charge in [0.15, 0.2) is 0 Å². The van der Waals surface area contributed by atoms with Gasteiger partial charge < -0.3 is 10.1 Å². The van der Waals surface area contributed by atoms with Crippen LogP contribution < -0.4 is 14.9 Å². The van der Waals surface area contributed by atoms with Crippen LogP contribution in [-0.4, -0.2) is 43.4 Å². The summed E-state index contributed by atoms with van der Waals surface area (Å²) in [6.07, 6.45) is 1.72. The second-order valence-electron chi connectivity index (χ2n) is 7.32. The molecule has 3 aromatic rings. The van der Waals surface area contributed by atoms with E-state index in [0.29, 0.717) is 29.9 Å². The fourth-order valence-electron chi connectivity index (χ4n) is 3.58. The van der Waals surface area contributed by atoms with Crippen LogP contribution in [0.2, 0.25) is 0 Å². The minimum absolute atomic E-state index is 0.132. The van der Waals surface area contributed by atoms with Crippen LogP contribution in [0, 0.1) is 0 Å². The van der Waals surface area contributed by atoms with Crippen LogP contribution in [0.5, 0.6) is 5.75 Å². The van der Waals surface area contributed by atoms with Crippen LogP contribution in [-0.2, 0) is 27.9 Å². The Morgan fingerprint density at radius 3 is 2.52 bits per heavy atom. The average molecular weight is 462 g/mol. The van der Waals surface area contributed by atoms with Crippen molar-refractivity contribution in [2.24, 2.45) is 0 Å². The van der Waals surface area contributed by atoms with Crippen LogP contribution in [0.3, 0.4) is 0 Å². The summed E-state index contributed by atoms with van der Waals surface area (Å²) in [4.78, 5) is 24.8. The molecule has 1 aliphatic rings. The van der Waals surface area contributed by atoms with E-state index in [9.17, 15) is 18.0 Å². The van der Waals surface area contributed by atoms with E-state index in [1.807, 2.05) is 24.3 Å². The number of methoxy groups -OCH3 is 1. The minimum atomic E-state index is -3.56. The number of aromatic nitrogens is 1. The quantitative estimate of drug-likeness (QED) is 0.582. The molecule has 164 valence electrons. The molecule has 0 saturated carbocycles. The van der Waals surface area contributed by atoms with Crippen molar-refractivity contribution in [2.75, 3.05) is 20.2 Å². The Bertz CT molecular complexity index is 1260. The SMILES string of the molecule is COc1ccc(CNC(=O)Cn2c(=O)sc3cc(S(=O)(=O)N4CCCC4)ccc32)cc1. The molecular weight excluding hydrogens is 438 g/mol. The third-order valence-electron chi connectivity index (χ3n) is 5.29. The molecule has 31 heavy (non-hydrogen) atoms. The number of amides is 1. The maximum absolute atomic E-state index is 12.8. The normalized spacial score (nSPS) is 14.7. The maximum atomic E-state index is 12.8. The van der Waals surface area contributed by atoms with E-state index >= 15 is 0 Å². The summed E-state index contributed by atoms with van der Waals surface area (Å²) in [6.45, 7) is 1.24. The molecule has 1 amide bonds. The van der Waals surface area contributed by atoms with Gasteiger partial charge in [0.2, 0.25) is 15.9 Å². The Morgan fingerprint density at radius 2 is 1.84 bits per heavy atom. The van der Waals surface area contributed by atoms with Crippen molar-refractivity contribution in [3.8, 4) is 5.75 Å². The Hall–Kier alpha value is -2.69. The molecule has 0 spiro atoms. The zero-order valence-corrected chi connectivity index (χ0v) is 18.7. The Morgan fingerprint density at radius 1 is 1.13 bits per heavy atom. The fourth-order valence-corrected chi connectivity index (χ4v) is 6.13. The van der Waals surface area contributed by atoms with Crippen molar-refractivity contribution in [3.05, 3.63) is 57.7 Å². The van der Waals surface area contributed by atoms with E-state index < -0.39 is 10.0 Å². The van der Waals surface area contributed by atoms with E-state index in [1.165, 1.54) is 21.0 Å². The highest BCUT2D eigenvalue weighted by molar-refractivity contribution is 7.89. The van der Waals surface area contributed by atoms with E-state index in [-0.39, 0.29) is 22.2 Å². The largest absolute Gasteiger partial charge is 0.497 e. The van der Waals surface area contributed by atoms with Crippen LogP contribution >= 0.6 is 11.3 Å². The number of rotatable bonds is 7. The number of fused-ring (bicyclic) bond motifs is 1. The summed E-state index contributed by atoms with van der Waals surface area (Å²) in [5.41, 5.74) is 1.46. The van der Waals surface area contributed by atoms with Crippen LogP contribution in [0.25, 0.3) is 10.2 Å². The summed E-state index contributed by atoms with van der Waals surface area (Å²) in [7, 11) is -1.97. The number of carbonyl (C=O) groups excluding carboxylic acids is 1. The fraction of sp³-hybridized carbons (Fsp3) is 0.333. The summed E-state index contributed by atoms with van der Waals surface area (Å²) < 4.78 is 34.1. The van der Waals surface area contributed by atoms with Gasteiger partial charge in [0.05, 0.1) is 22.2 Å². The number of benzene rings is 2. The van der Waals surface area contributed by atoms with Gasteiger partial charge in [0.25, 0.3) is 0 Å². The molecule has 2 heterocycles. The molecule has 0 unspecified atom stereocenters. The van der Waals surface area contributed by atoms with Crippen LogP contribution in [0.4, 0.5) is 0 Å². The second-order valence-corrected chi connectivity index (χ2v) is 10.3. The molecule has 0 bridgehead atoms. The molecule has 0 atom stereocenters. The van der Waals surface area contributed by atoms with Crippen molar-refractivity contribution in [3.63, 3.8) is 0 Å². The van der Waals surface area contributed by atoms with Gasteiger partial charge in [-0.1, -0.05) is 23.5 Å². The highest BCUT2D eigenvalue weighted by Gasteiger charge is 2.27. The number of ether oxygens (including phenoxy) is 1. The number of nitrogens with one attached hydrogen (secondary N) is 1. The van der Waals surface area contributed by atoms with Gasteiger partial charge in [-0.25, -0.2) is 8.42 Å². The highest BCUT2D eigenvalue weighted by atomic mass is 32.2. The van der Waals surface area contributed by atoms with E-state index in [0.717, 1.165) is 35.5 Å².